The van der Waals surface area contributed by atoms with E-state index in [1.54, 1.807) is 0 Å². The predicted molar refractivity (Wildman–Crippen MR) is 65.7 cm³/mol. The quantitative estimate of drug-likeness (QED) is 0.707. The molecule has 0 radical (unpaired) electrons. The molecule has 0 saturated heterocycles. The number of aryl methyl sites for hydroxylation is 2. The van der Waals surface area contributed by atoms with E-state index in [0.29, 0.717) is 11.7 Å². The first kappa shape index (κ1) is 9.95. The summed E-state index contributed by atoms with van der Waals surface area (Å²) in [6.45, 7) is 3.99. The van der Waals surface area contributed by atoms with Crippen LogP contribution >= 0.6 is 0 Å². The normalized spacial score (nSPS) is 31.2. The summed E-state index contributed by atoms with van der Waals surface area (Å²) in [6.07, 6.45) is 7.39. The molecule has 1 fully saturated rings. The van der Waals surface area contributed by atoms with Crippen molar-refractivity contribution < 1.29 is 5.11 Å². The van der Waals surface area contributed by atoms with E-state index in [1.807, 2.05) is 13.8 Å². The van der Waals surface area contributed by atoms with Crippen LogP contribution in [0.4, 0.5) is 0 Å². The smallest absolute Gasteiger partial charge is 0.121 e. The summed E-state index contributed by atoms with van der Waals surface area (Å²) in [5.41, 5.74) is 3.45. The summed E-state index contributed by atoms with van der Waals surface area (Å²) in [6, 6.07) is 4.34. The van der Waals surface area contributed by atoms with Crippen molar-refractivity contribution in [2.24, 2.45) is 11.8 Å². The molecule has 1 aromatic rings. The molecule has 3 unspecified atom stereocenters. The molecule has 0 aliphatic heterocycles. The van der Waals surface area contributed by atoms with Gasteiger partial charge in [-0.15, -0.1) is 0 Å². The number of hydrogen-bond acceptors (Lipinski definition) is 1. The minimum absolute atomic E-state index is 0.461. The van der Waals surface area contributed by atoms with E-state index in [2.05, 4.69) is 24.3 Å². The molecular formula is C15H18O. The molecule has 2 aliphatic rings. The molecule has 1 nitrogen and oxygen atoms in total. The van der Waals surface area contributed by atoms with Gasteiger partial charge in [-0.05, 0) is 61.1 Å². The maximum absolute atomic E-state index is 9.79. The van der Waals surface area contributed by atoms with Crippen LogP contribution < -0.4 is 0 Å². The van der Waals surface area contributed by atoms with Gasteiger partial charge in [0, 0.05) is 0 Å². The Kier molecular flexibility index (Phi) is 2.10. The minimum Gasteiger partial charge on any atom is -0.507 e. The van der Waals surface area contributed by atoms with E-state index in [1.165, 1.54) is 18.4 Å². The van der Waals surface area contributed by atoms with Crippen molar-refractivity contribution in [1.82, 2.24) is 0 Å². The fraction of sp³-hybridized carbons (Fsp3) is 0.467. The van der Waals surface area contributed by atoms with Gasteiger partial charge in [0.05, 0.1) is 0 Å². The number of aromatic hydroxyl groups is 1. The zero-order chi connectivity index (χ0) is 11.3. The Balaban J connectivity index is 1.99. The zero-order valence-electron chi connectivity index (χ0n) is 9.90. The lowest BCUT2D eigenvalue weighted by Gasteiger charge is -2.20. The fourth-order valence-corrected chi connectivity index (χ4v) is 3.37. The molecule has 1 aromatic carbocycles. The maximum Gasteiger partial charge on any atom is 0.121 e. The molecule has 2 aliphatic carbocycles. The second-order valence-electron chi connectivity index (χ2n) is 5.39. The van der Waals surface area contributed by atoms with Gasteiger partial charge in [0.15, 0.2) is 0 Å². The summed E-state index contributed by atoms with van der Waals surface area (Å²) in [4.78, 5) is 0. The SMILES string of the molecule is Cc1cc(C2CC3C=CC2C3)cc(C)c1O. The Labute approximate surface area is 96.8 Å². The number of hydrogen-bond donors (Lipinski definition) is 1. The predicted octanol–water partition coefficient (Wildman–Crippen LogP) is 3.69. The third-order valence-electron chi connectivity index (χ3n) is 4.22. The van der Waals surface area contributed by atoms with Gasteiger partial charge in [-0.1, -0.05) is 24.3 Å². The Hall–Kier alpha value is -1.24. The number of benzene rings is 1. The number of allylic oxidation sites excluding steroid dienone is 2. The highest BCUT2D eigenvalue weighted by molar-refractivity contribution is 5.44. The van der Waals surface area contributed by atoms with Crippen molar-refractivity contribution in [3.63, 3.8) is 0 Å². The summed E-state index contributed by atoms with van der Waals surface area (Å²) in [7, 11) is 0. The molecule has 1 N–H and O–H groups in total. The van der Waals surface area contributed by atoms with Crippen molar-refractivity contribution in [3.05, 3.63) is 41.0 Å². The molecule has 3 atom stereocenters. The highest BCUT2D eigenvalue weighted by Gasteiger charge is 2.36. The second kappa shape index (κ2) is 3.38. The highest BCUT2D eigenvalue weighted by atomic mass is 16.3. The van der Waals surface area contributed by atoms with Crippen LogP contribution in [0.25, 0.3) is 0 Å². The molecule has 0 spiro atoms. The lowest BCUT2D eigenvalue weighted by Crippen LogP contribution is -2.05. The summed E-state index contributed by atoms with van der Waals surface area (Å²) >= 11 is 0. The third kappa shape index (κ3) is 1.38. The van der Waals surface area contributed by atoms with Crippen LogP contribution in [0.3, 0.4) is 0 Å². The third-order valence-corrected chi connectivity index (χ3v) is 4.22. The molecule has 0 heterocycles. The summed E-state index contributed by atoms with van der Waals surface area (Å²) in [5, 5.41) is 9.79. The van der Waals surface area contributed by atoms with Crippen molar-refractivity contribution in [3.8, 4) is 5.75 Å². The van der Waals surface area contributed by atoms with Crippen LogP contribution in [0.5, 0.6) is 5.75 Å². The van der Waals surface area contributed by atoms with E-state index in [4.69, 9.17) is 0 Å². The van der Waals surface area contributed by atoms with Crippen LogP contribution in [0.2, 0.25) is 0 Å². The van der Waals surface area contributed by atoms with E-state index in [-0.39, 0.29) is 0 Å². The fourth-order valence-electron chi connectivity index (χ4n) is 3.37. The Morgan fingerprint density at radius 3 is 2.25 bits per heavy atom. The lowest BCUT2D eigenvalue weighted by atomic mass is 9.85. The topological polar surface area (TPSA) is 20.2 Å². The second-order valence-corrected chi connectivity index (χ2v) is 5.39. The molecule has 84 valence electrons. The molecule has 2 bridgehead atoms. The van der Waals surface area contributed by atoms with Crippen LogP contribution in [0.15, 0.2) is 24.3 Å². The standard InChI is InChI=1S/C15H18O/c1-9-5-13(6-10(2)15(9)16)14-8-11-3-4-12(14)7-11/h3-6,11-12,14,16H,7-8H2,1-2H3. The van der Waals surface area contributed by atoms with E-state index >= 15 is 0 Å². The molecule has 0 amide bonds. The Morgan fingerprint density at radius 1 is 1.06 bits per heavy atom. The summed E-state index contributed by atoms with van der Waals surface area (Å²) in [5.74, 6) is 2.70. The first-order chi connectivity index (χ1) is 7.65. The van der Waals surface area contributed by atoms with Gasteiger partial charge in [0.1, 0.15) is 5.75 Å². The van der Waals surface area contributed by atoms with Crippen LogP contribution in [0.1, 0.15) is 35.4 Å². The van der Waals surface area contributed by atoms with E-state index in [9.17, 15) is 5.11 Å². The van der Waals surface area contributed by atoms with Gasteiger partial charge >= 0.3 is 0 Å². The van der Waals surface area contributed by atoms with Crippen molar-refractivity contribution >= 4 is 0 Å². The van der Waals surface area contributed by atoms with Crippen LogP contribution in [-0.2, 0) is 0 Å². The van der Waals surface area contributed by atoms with Crippen molar-refractivity contribution in [2.75, 3.05) is 0 Å². The van der Waals surface area contributed by atoms with Crippen LogP contribution in [-0.4, -0.2) is 5.11 Å². The first-order valence-electron chi connectivity index (χ1n) is 6.13. The monoisotopic (exact) mass is 214 g/mol. The van der Waals surface area contributed by atoms with E-state index in [0.717, 1.165) is 23.0 Å². The zero-order valence-corrected chi connectivity index (χ0v) is 9.90. The molecule has 16 heavy (non-hydrogen) atoms. The van der Waals surface area contributed by atoms with Crippen molar-refractivity contribution in [2.45, 2.75) is 32.6 Å². The van der Waals surface area contributed by atoms with E-state index < -0.39 is 0 Å². The number of phenolic OH excluding ortho intramolecular Hbond substituents is 1. The maximum atomic E-state index is 9.79. The number of rotatable bonds is 1. The Morgan fingerprint density at radius 2 is 1.75 bits per heavy atom. The van der Waals surface area contributed by atoms with Gasteiger partial charge < -0.3 is 5.11 Å². The Bertz CT molecular complexity index is 435. The minimum atomic E-state index is 0.461. The summed E-state index contributed by atoms with van der Waals surface area (Å²) < 4.78 is 0. The molecule has 1 saturated carbocycles. The molecule has 1 heteroatoms. The van der Waals surface area contributed by atoms with Gasteiger partial charge in [-0.25, -0.2) is 0 Å². The average Bonchev–Trinajstić information content (AvgIpc) is 2.86. The van der Waals surface area contributed by atoms with Crippen molar-refractivity contribution in [1.29, 1.82) is 0 Å². The molecule has 3 rings (SSSR count). The lowest BCUT2D eigenvalue weighted by molar-refractivity contribution is 0.465. The number of fused-ring (bicyclic) bond motifs is 2. The first-order valence-corrected chi connectivity index (χ1v) is 6.13. The largest absolute Gasteiger partial charge is 0.507 e. The molecular weight excluding hydrogens is 196 g/mol. The van der Waals surface area contributed by atoms with Crippen LogP contribution in [0, 0.1) is 25.7 Å². The van der Waals surface area contributed by atoms with Gasteiger partial charge in [-0.2, -0.15) is 0 Å². The number of phenols is 1. The van der Waals surface area contributed by atoms with Gasteiger partial charge in [-0.3, -0.25) is 0 Å². The average molecular weight is 214 g/mol. The van der Waals surface area contributed by atoms with Gasteiger partial charge in [0.25, 0.3) is 0 Å². The molecule has 0 aromatic heterocycles. The van der Waals surface area contributed by atoms with Gasteiger partial charge in [0.2, 0.25) is 0 Å². The highest BCUT2D eigenvalue weighted by Crippen LogP contribution is 2.49.